The number of sulfonamides is 1. The lowest BCUT2D eigenvalue weighted by atomic mass is 10.2. The van der Waals surface area contributed by atoms with E-state index in [2.05, 4.69) is 15.4 Å². The fourth-order valence-corrected chi connectivity index (χ4v) is 1.91. The van der Waals surface area contributed by atoms with Gasteiger partial charge in [0.25, 0.3) is 0 Å². The zero-order chi connectivity index (χ0) is 13.6. The van der Waals surface area contributed by atoms with E-state index in [9.17, 15) is 13.2 Å². The summed E-state index contributed by atoms with van der Waals surface area (Å²) >= 11 is 0. The summed E-state index contributed by atoms with van der Waals surface area (Å²) in [6.07, 6.45) is 1.39. The molecule has 0 spiro atoms. The Hall–Kier alpha value is -1.60. The molecule has 1 rings (SSSR count). The Morgan fingerprint density at radius 1 is 1.22 bits per heavy atom. The lowest BCUT2D eigenvalue weighted by Crippen LogP contribution is -2.20. The molecule has 0 aromatic heterocycles. The molecule has 0 heterocycles. The van der Waals surface area contributed by atoms with Crippen LogP contribution in [0.1, 0.15) is 6.42 Å². The first-order valence-corrected chi connectivity index (χ1v) is 7.33. The largest absolute Gasteiger partial charge is 0.324 e. The van der Waals surface area contributed by atoms with E-state index in [0.29, 0.717) is 24.3 Å². The second kappa shape index (κ2) is 6.36. The summed E-state index contributed by atoms with van der Waals surface area (Å²) in [6.45, 7) is 0.563. The van der Waals surface area contributed by atoms with Crippen LogP contribution in [0.2, 0.25) is 0 Å². The lowest BCUT2D eigenvalue weighted by Gasteiger charge is -2.11. The van der Waals surface area contributed by atoms with Crippen LogP contribution < -0.4 is 15.4 Å². The van der Waals surface area contributed by atoms with E-state index in [-0.39, 0.29) is 5.91 Å². The van der Waals surface area contributed by atoms with Crippen LogP contribution in [0, 0.1) is 0 Å². The predicted octanol–water partition coefficient (Wildman–Crippen LogP) is 0.606. The van der Waals surface area contributed by atoms with Gasteiger partial charge in [0, 0.05) is 13.0 Å². The quantitative estimate of drug-likeness (QED) is 0.707. The average Bonchev–Trinajstić information content (AvgIpc) is 2.27. The van der Waals surface area contributed by atoms with E-state index in [0.717, 1.165) is 6.26 Å². The molecule has 0 bridgehead atoms. The number of benzene rings is 1. The van der Waals surface area contributed by atoms with Crippen LogP contribution in [-0.2, 0) is 14.8 Å². The average molecular weight is 271 g/mol. The van der Waals surface area contributed by atoms with Crippen LogP contribution >= 0.6 is 0 Å². The maximum atomic E-state index is 11.6. The van der Waals surface area contributed by atoms with Crippen molar-refractivity contribution in [2.45, 2.75) is 6.42 Å². The van der Waals surface area contributed by atoms with Gasteiger partial charge in [-0.2, -0.15) is 0 Å². The third kappa shape index (κ3) is 5.15. The maximum absolute atomic E-state index is 11.6. The number of hydrogen-bond donors (Lipinski definition) is 3. The first-order valence-electron chi connectivity index (χ1n) is 5.43. The lowest BCUT2D eigenvalue weighted by molar-refractivity contribution is -0.116. The second-order valence-electron chi connectivity index (χ2n) is 3.82. The number of nitrogens with one attached hydrogen (secondary N) is 3. The van der Waals surface area contributed by atoms with Crippen molar-refractivity contribution < 1.29 is 13.2 Å². The Kier molecular flexibility index (Phi) is 5.11. The van der Waals surface area contributed by atoms with E-state index < -0.39 is 10.0 Å². The first-order chi connectivity index (χ1) is 8.42. The van der Waals surface area contributed by atoms with Gasteiger partial charge in [-0.3, -0.25) is 9.52 Å². The van der Waals surface area contributed by atoms with Crippen molar-refractivity contribution in [3.8, 4) is 0 Å². The minimum atomic E-state index is -3.37. The normalized spacial score (nSPS) is 11.0. The third-order valence-electron chi connectivity index (χ3n) is 2.10. The number of hydrogen-bond acceptors (Lipinski definition) is 4. The molecule has 0 unspecified atom stereocenters. The smallest absolute Gasteiger partial charge is 0.229 e. The summed E-state index contributed by atoms with van der Waals surface area (Å²) in [5.74, 6) is -0.174. The van der Waals surface area contributed by atoms with Gasteiger partial charge < -0.3 is 10.6 Å². The van der Waals surface area contributed by atoms with Crippen LogP contribution in [0.3, 0.4) is 0 Å². The van der Waals surface area contributed by atoms with Gasteiger partial charge in [0.05, 0.1) is 17.6 Å². The Morgan fingerprint density at radius 2 is 1.83 bits per heavy atom. The fourth-order valence-electron chi connectivity index (χ4n) is 1.33. The summed E-state index contributed by atoms with van der Waals surface area (Å²) in [5, 5.41) is 5.53. The van der Waals surface area contributed by atoms with Gasteiger partial charge in [0.2, 0.25) is 15.9 Å². The van der Waals surface area contributed by atoms with Crippen molar-refractivity contribution in [1.29, 1.82) is 0 Å². The van der Waals surface area contributed by atoms with E-state index in [1.165, 1.54) is 0 Å². The van der Waals surface area contributed by atoms with Crippen molar-refractivity contribution in [3.63, 3.8) is 0 Å². The molecule has 18 heavy (non-hydrogen) atoms. The Bertz CT molecular complexity index is 514. The van der Waals surface area contributed by atoms with Crippen molar-refractivity contribution in [3.05, 3.63) is 24.3 Å². The van der Waals surface area contributed by atoms with Gasteiger partial charge in [-0.05, 0) is 19.2 Å². The number of carbonyl (C=O) groups is 1. The second-order valence-corrected chi connectivity index (χ2v) is 5.57. The molecular weight excluding hydrogens is 254 g/mol. The zero-order valence-corrected chi connectivity index (χ0v) is 11.2. The third-order valence-corrected chi connectivity index (χ3v) is 2.69. The van der Waals surface area contributed by atoms with Gasteiger partial charge in [-0.25, -0.2) is 8.42 Å². The Labute approximate surface area is 107 Å². The van der Waals surface area contributed by atoms with Crippen molar-refractivity contribution in [2.75, 3.05) is 29.9 Å². The summed E-state index contributed by atoms with van der Waals surface area (Å²) in [7, 11) is -1.61. The highest BCUT2D eigenvalue weighted by Crippen LogP contribution is 2.21. The number of anilines is 2. The molecule has 0 fully saturated rings. The highest BCUT2D eigenvalue weighted by Gasteiger charge is 2.09. The van der Waals surface area contributed by atoms with E-state index >= 15 is 0 Å². The minimum Gasteiger partial charge on any atom is -0.324 e. The number of carbonyl (C=O) groups excluding carboxylic acids is 1. The highest BCUT2D eigenvalue weighted by molar-refractivity contribution is 7.92. The monoisotopic (exact) mass is 271 g/mol. The van der Waals surface area contributed by atoms with Crippen LogP contribution in [0.5, 0.6) is 0 Å². The molecule has 1 aromatic carbocycles. The summed E-state index contributed by atoms with van der Waals surface area (Å²) in [6, 6.07) is 6.65. The molecule has 0 aliphatic heterocycles. The Morgan fingerprint density at radius 3 is 2.39 bits per heavy atom. The van der Waals surface area contributed by atoms with Crippen LogP contribution in [0.4, 0.5) is 11.4 Å². The van der Waals surface area contributed by atoms with Gasteiger partial charge in [-0.15, -0.1) is 0 Å². The summed E-state index contributed by atoms with van der Waals surface area (Å²) in [4.78, 5) is 11.6. The van der Waals surface area contributed by atoms with E-state index in [4.69, 9.17) is 0 Å². The molecule has 1 amide bonds. The fraction of sp³-hybridized carbons (Fsp3) is 0.364. The highest BCUT2D eigenvalue weighted by atomic mass is 32.2. The van der Waals surface area contributed by atoms with Gasteiger partial charge in [0.1, 0.15) is 0 Å². The van der Waals surface area contributed by atoms with Crippen molar-refractivity contribution in [1.82, 2.24) is 5.32 Å². The molecule has 7 heteroatoms. The molecule has 0 aliphatic carbocycles. The standard InChI is InChI=1S/C11H17N3O3S/c1-12-8-7-11(15)13-9-5-3-4-6-10(9)14-18(2,16)17/h3-6,12,14H,7-8H2,1-2H3,(H,13,15). The number of amides is 1. The van der Waals surface area contributed by atoms with E-state index in [1.54, 1.807) is 31.3 Å². The molecule has 100 valence electrons. The summed E-state index contributed by atoms with van der Waals surface area (Å²) in [5.41, 5.74) is 0.807. The molecule has 0 atom stereocenters. The van der Waals surface area contributed by atoms with Gasteiger partial charge in [0.15, 0.2) is 0 Å². The number of para-hydroxylation sites is 2. The predicted molar refractivity (Wildman–Crippen MR) is 72.1 cm³/mol. The van der Waals surface area contributed by atoms with Gasteiger partial charge in [-0.1, -0.05) is 12.1 Å². The Balaban J connectivity index is 2.79. The molecular formula is C11H17N3O3S. The van der Waals surface area contributed by atoms with E-state index in [1.807, 2.05) is 0 Å². The maximum Gasteiger partial charge on any atom is 0.229 e. The first kappa shape index (κ1) is 14.5. The topological polar surface area (TPSA) is 87.3 Å². The molecule has 0 saturated carbocycles. The molecule has 0 aliphatic rings. The molecule has 6 nitrogen and oxygen atoms in total. The molecule has 0 radical (unpaired) electrons. The molecule has 3 N–H and O–H groups in total. The number of rotatable bonds is 6. The molecule has 1 aromatic rings. The summed E-state index contributed by atoms with van der Waals surface area (Å²) < 4.78 is 24.7. The minimum absolute atomic E-state index is 0.174. The van der Waals surface area contributed by atoms with Crippen molar-refractivity contribution >= 4 is 27.3 Å². The van der Waals surface area contributed by atoms with Crippen LogP contribution in [0.25, 0.3) is 0 Å². The molecule has 0 saturated heterocycles. The van der Waals surface area contributed by atoms with Crippen molar-refractivity contribution in [2.24, 2.45) is 0 Å². The van der Waals surface area contributed by atoms with Crippen LogP contribution in [-0.4, -0.2) is 34.2 Å². The SMILES string of the molecule is CNCCC(=O)Nc1ccccc1NS(C)(=O)=O. The van der Waals surface area contributed by atoms with Gasteiger partial charge >= 0.3 is 0 Å². The van der Waals surface area contributed by atoms with Crippen LogP contribution in [0.15, 0.2) is 24.3 Å². The zero-order valence-electron chi connectivity index (χ0n) is 10.4.